The van der Waals surface area contributed by atoms with Gasteiger partial charge in [-0.05, 0) is 68.8 Å². The standard InChI is InChI=1S/C36H27N/c1-3-9-27(10-4-1)28-15-17-29(18-16-28)30-19-23-33(24-20-30)37-34-25-21-32(22-26-34)36-14-8-7-13-35(36)31-11-5-2-6-12-31/h1-26,37H. The molecule has 0 atom stereocenters. The Morgan fingerprint density at radius 3 is 1.00 bits per heavy atom. The summed E-state index contributed by atoms with van der Waals surface area (Å²) >= 11 is 0. The number of benzene rings is 6. The van der Waals surface area contributed by atoms with Crippen LogP contribution in [0.25, 0.3) is 44.5 Å². The monoisotopic (exact) mass is 473 g/mol. The maximum absolute atomic E-state index is 3.54. The Balaban J connectivity index is 1.16. The third kappa shape index (κ3) is 5.07. The topological polar surface area (TPSA) is 12.0 Å². The van der Waals surface area contributed by atoms with Crippen LogP contribution in [0.2, 0.25) is 0 Å². The van der Waals surface area contributed by atoms with Gasteiger partial charge in [0.2, 0.25) is 0 Å². The van der Waals surface area contributed by atoms with Crippen molar-refractivity contribution in [1.82, 2.24) is 0 Å². The summed E-state index contributed by atoms with van der Waals surface area (Å²) in [4.78, 5) is 0. The van der Waals surface area contributed by atoms with Crippen molar-refractivity contribution < 1.29 is 0 Å². The number of anilines is 2. The maximum atomic E-state index is 3.54. The third-order valence-electron chi connectivity index (χ3n) is 6.71. The lowest BCUT2D eigenvalue weighted by Crippen LogP contribution is -1.91. The van der Waals surface area contributed by atoms with E-state index in [2.05, 4.69) is 157 Å². The molecule has 0 fully saturated rings. The number of hydrogen-bond acceptors (Lipinski definition) is 1. The molecule has 0 bridgehead atoms. The second-order valence-corrected chi connectivity index (χ2v) is 9.13. The predicted molar refractivity (Wildman–Crippen MR) is 158 cm³/mol. The molecule has 0 radical (unpaired) electrons. The van der Waals surface area contributed by atoms with Gasteiger partial charge < -0.3 is 5.32 Å². The van der Waals surface area contributed by atoms with Gasteiger partial charge >= 0.3 is 0 Å². The summed E-state index contributed by atoms with van der Waals surface area (Å²) < 4.78 is 0. The van der Waals surface area contributed by atoms with Crippen molar-refractivity contribution >= 4 is 11.4 Å². The lowest BCUT2D eigenvalue weighted by Gasteiger charge is -2.12. The Kier molecular flexibility index (Phi) is 6.34. The van der Waals surface area contributed by atoms with Crippen LogP contribution in [0.15, 0.2) is 158 Å². The zero-order valence-corrected chi connectivity index (χ0v) is 20.5. The van der Waals surface area contributed by atoms with E-state index in [0.29, 0.717) is 0 Å². The fourth-order valence-corrected chi connectivity index (χ4v) is 4.74. The molecule has 1 heteroatoms. The largest absolute Gasteiger partial charge is 0.356 e. The first-order valence-corrected chi connectivity index (χ1v) is 12.6. The summed E-state index contributed by atoms with van der Waals surface area (Å²) in [6.07, 6.45) is 0. The molecule has 0 unspecified atom stereocenters. The molecule has 176 valence electrons. The van der Waals surface area contributed by atoms with Gasteiger partial charge in [0.15, 0.2) is 0 Å². The second-order valence-electron chi connectivity index (χ2n) is 9.13. The molecular formula is C36H27N. The highest BCUT2D eigenvalue weighted by Gasteiger charge is 2.07. The van der Waals surface area contributed by atoms with Crippen LogP contribution in [-0.2, 0) is 0 Å². The third-order valence-corrected chi connectivity index (χ3v) is 6.71. The summed E-state index contributed by atoms with van der Waals surface area (Å²) in [5.41, 5.74) is 12.0. The van der Waals surface area contributed by atoms with E-state index in [4.69, 9.17) is 0 Å². The summed E-state index contributed by atoms with van der Waals surface area (Å²) in [6.45, 7) is 0. The van der Waals surface area contributed by atoms with Crippen molar-refractivity contribution in [3.05, 3.63) is 158 Å². The van der Waals surface area contributed by atoms with Crippen LogP contribution >= 0.6 is 0 Å². The lowest BCUT2D eigenvalue weighted by atomic mass is 9.94. The first-order valence-electron chi connectivity index (χ1n) is 12.6. The SMILES string of the molecule is c1ccc(-c2ccc(-c3ccc(Nc4ccc(-c5ccccc5-c5ccccc5)cc4)cc3)cc2)cc1. The molecule has 0 heterocycles. The molecule has 0 saturated carbocycles. The fourth-order valence-electron chi connectivity index (χ4n) is 4.74. The average molecular weight is 474 g/mol. The average Bonchev–Trinajstić information content (AvgIpc) is 2.99. The fraction of sp³-hybridized carbons (Fsp3) is 0. The van der Waals surface area contributed by atoms with Gasteiger partial charge in [-0.2, -0.15) is 0 Å². The number of hydrogen-bond donors (Lipinski definition) is 1. The van der Waals surface area contributed by atoms with E-state index in [9.17, 15) is 0 Å². The molecule has 1 N–H and O–H groups in total. The zero-order chi connectivity index (χ0) is 24.9. The van der Waals surface area contributed by atoms with Gasteiger partial charge in [-0.15, -0.1) is 0 Å². The van der Waals surface area contributed by atoms with E-state index >= 15 is 0 Å². The molecule has 0 amide bonds. The Labute approximate surface area is 218 Å². The molecular weight excluding hydrogens is 446 g/mol. The molecule has 0 aromatic heterocycles. The highest BCUT2D eigenvalue weighted by molar-refractivity contribution is 5.84. The Hall–Kier alpha value is -4.88. The molecule has 1 nitrogen and oxygen atoms in total. The minimum Gasteiger partial charge on any atom is -0.356 e. The number of nitrogens with one attached hydrogen (secondary N) is 1. The van der Waals surface area contributed by atoms with Gasteiger partial charge in [0.25, 0.3) is 0 Å². The molecule has 6 aromatic carbocycles. The maximum Gasteiger partial charge on any atom is 0.0384 e. The van der Waals surface area contributed by atoms with Crippen molar-refractivity contribution in [2.75, 3.05) is 5.32 Å². The van der Waals surface area contributed by atoms with Gasteiger partial charge in [0.05, 0.1) is 0 Å². The smallest absolute Gasteiger partial charge is 0.0384 e. The van der Waals surface area contributed by atoms with Gasteiger partial charge in [-0.1, -0.05) is 133 Å². The first-order chi connectivity index (χ1) is 18.3. The normalized spacial score (nSPS) is 10.7. The van der Waals surface area contributed by atoms with E-state index < -0.39 is 0 Å². The quantitative estimate of drug-likeness (QED) is 0.254. The molecule has 0 aliphatic rings. The summed E-state index contributed by atoms with van der Waals surface area (Å²) in [6, 6.07) is 55.7. The highest BCUT2D eigenvalue weighted by Crippen LogP contribution is 2.33. The molecule has 0 aliphatic heterocycles. The van der Waals surface area contributed by atoms with Crippen LogP contribution in [0.4, 0.5) is 11.4 Å². The van der Waals surface area contributed by atoms with Crippen molar-refractivity contribution in [1.29, 1.82) is 0 Å². The van der Waals surface area contributed by atoms with E-state index in [1.165, 1.54) is 44.5 Å². The van der Waals surface area contributed by atoms with Crippen LogP contribution in [0.1, 0.15) is 0 Å². The zero-order valence-electron chi connectivity index (χ0n) is 20.5. The van der Waals surface area contributed by atoms with Crippen LogP contribution in [0, 0.1) is 0 Å². The van der Waals surface area contributed by atoms with Crippen molar-refractivity contribution in [3.63, 3.8) is 0 Å². The number of rotatable bonds is 6. The first kappa shape index (κ1) is 22.6. The lowest BCUT2D eigenvalue weighted by molar-refractivity contribution is 1.53. The van der Waals surface area contributed by atoms with Crippen molar-refractivity contribution in [2.24, 2.45) is 0 Å². The van der Waals surface area contributed by atoms with Crippen LogP contribution in [-0.4, -0.2) is 0 Å². The van der Waals surface area contributed by atoms with Crippen LogP contribution in [0.5, 0.6) is 0 Å². The van der Waals surface area contributed by atoms with E-state index in [1.54, 1.807) is 0 Å². The molecule has 0 saturated heterocycles. The van der Waals surface area contributed by atoms with Crippen molar-refractivity contribution in [2.45, 2.75) is 0 Å². The molecule has 37 heavy (non-hydrogen) atoms. The summed E-state index contributed by atoms with van der Waals surface area (Å²) in [5, 5.41) is 3.54. The predicted octanol–water partition coefficient (Wildman–Crippen LogP) is 10.1. The molecule has 6 rings (SSSR count). The van der Waals surface area contributed by atoms with Gasteiger partial charge in [0, 0.05) is 11.4 Å². The Morgan fingerprint density at radius 1 is 0.243 bits per heavy atom. The Bertz CT molecular complexity index is 1580. The highest BCUT2D eigenvalue weighted by atomic mass is 14.9. The van der Waals surface area contributed by atoms with Gasteiger partial charge in [-0.3, -0.25) is 0 Å². The Morgan fingerprint density at radius 2 is 0.541 bits per heavy atom. The van der Waals surface area contributed by atoms with Crippen LogP contribution in [0.3, 0.4) is 0 Å². The minimum atomic E-state index is 1.07. The van der Waals surface area contributed by atoms with Crippen molar-refractivity contribution in [3.8, 4) is 44.5 Å². The van der Waals surface area contributed by atoms with Gasteiger partial charge in [0.1, 0.15) is 0 Å². The van der Waals surface area contributed by atoms with Gasteiger partial charge in [-0.25, -0.2) is 0 Å². The van der Waals surface area contributed by atoms with E-state index in [-0.39, 0.29) is 0 Å². The molecule has 6 aromatic rings. The van der Waals surface area contributed by atoms with E-state index in [0.717, 1.165) is 11.4 Å². The molecule has 0 spiro atoms. The van der Waals surface area contributed by atoms with E-state index in [1.807, 2.05) is 6.07 Å². The second kappa shape index (κ2) is 10.4. The summed E-state index contributed by atoms with van der Waals surface area (Å²) in [7, 11) is 0. The minimum absolute atomic E-state index is 1.07. The molecule has 0 aliphatic carbocycles. The summed E-state index contributed by atoms with van der Waals surface area (Å²) in [5.74, 6) is 0. The van der Waals surface area contributed by atoms with Crippen LogP contribution < -0.4 is 5.32 Å².